The highest BCUT2D eigenvalue weighted by Gasteiger charge is 2.13. The van der Waals surface area contributed by atoms with Gasteiger partial charge < -0.3 is 10.6 Å². The molecule has 0 radical (unpaired) electrons. The third-order valence-electron chi connectivity index (χ3n) is 3.92. The second-order valence-electron chi connectivity index (χ2n) is 6.02. The maximum atomic E-state index is 12.4. The van der Waals surface area contributed by atoms with Gasteiger partial charge in [0.25, 0.3) is 5.91 Å². The van der Waals surface area contributed by atoms with Gasteiger partial charge in [-0.15, -0.1) is 11.3 Å². The first-order valence-electron chi connectivity index (χ1n) is 8.53. The number of aromatic nitrogens is 5. The van der Waals surface area contributed by atoms with Crippen molar-refractivity contribution in [1.82, 2.24) is 24.7 Å². The summed E-state index contributed by atoms with van der Waals surface area (Å²) in [7, 11) is 0. The van der Waals surface area contributed by atoms with Gasteiger partial charge in [0.1, 0.15) is 17.0 Å². The Morgan fingerprint density at radius 2 is 1.89 bits per heavy atom. The molecule has 0 aliphatic rings. The normalized spacial score (nSPS) is 10.6. The second-order valence-corrected chi connectivity index (χ2v) is 7.22. The number of rotatable bonds is 5. The Labute approximate surface area is 165 Å². The number of thiazole rings is 1. The minimum Gasteiger partial charge on any atom is -0.340 e. The smallest absolute Gasteiger partial charge is 0.267 e. The number of hydrogen-bond acceptors (Lipinski definition) is 7. The summed E-state index contributed by atoms with van der Waals surface area (Å²) in [5.74, 6) is 1.16. The highest BCUT2D eigenvalue weighted by atomic mass is 32.1. The minimum atomic E-state index is -0.150. The number of benzene rings is 1. The molecule has 8 nitrogen and oxygen atoms in total. The molecule has 0 bridgehead atoms. The van der Waals surface area contributed by atoms with Crippen molar-refractivity contribution in [2.24, 2.45) is 0 Å². The van der Waals surface area contributed by atoms with Crippen LogP contribution in [0.15, 0.2) is 55.1 Å². The van der Waals surface area contributed by atoms with Crippen molar-refractivity contribution in [3.63, 3.8) is 0 Å². The van der Waals surface area contributed by atoms with Gasteiger partial charge in [-0.3, -0.25) is 4.79 Å². The van der Waals surface area contributed by atoms with E-state index in [-0.39, 0.29) is 5.91 Å². The van der Waals surface area contributed by atoms with Gasteiger partial charge in [0.05, 0.1) is 10.7 Å². The average molecular weight is 391 g/mol. The molecular formula is C19H17N7OS. The third kappa shape index (κ3) is 3.89. The van der Waals surface area contributed by atoms with Crippen molar-refractivity contribution in [1.29, 1.82) is 0 Å². The fourth-order valence-electron chi connectivity index (χ4n) is 2.66. The Balaban J connectivity index is 1.44. The molecule has 3 aromatic heterocycles. The Morgan fingerprint density at radius 1 is 1.11 bits per heavy atom. The summed E-state index contributed by atoms with van der Waals surface area (Å²) in [6.07, 6.45) is 4.99. The van der Waals surface area contributed by atoms with Gasteiger partial charge >= 0.3 is 0 Å². The van der Waals surface area contributed by atoms with E-state index < -0.39 is 0 Å². The summed E-state index contributed by atoms with van der Waals surface area (Å²) >= 11 is 1.39. The van der Waals surface area contributed by atoms with Gasteiger partial charge in [-0.1, -0.05) is 0 Å². The van der Waals surface area contributed by atoms with E-state index >= 15 is 0 Å². The first kappa shape index (κ1) is 17.8. The lowest BCUT2D eigenvalue weighted by atomic mass is 10.2. The highest BCUT2D eigenvalue weighted by Crippen LogP contribution is 2.21. The Morgan fingerprint density at radius 3 is 2.57 bits per heavy atom. The fraction of sp³-hybridized carbons (Fsp3) is 0.105. The SMILES string of the molecule is Cc1nc(C)c(C(=O)Nc2ccc(Nc3cc(-n4cccn4)ncn3)cc2)s1. The van der Waals surface area contributed by atoms with Gasteiger partial charge in [-0.2, -0.15) is 5.10 Å². The summed E-state index contributed by atoms with van der Waals surface area (Å²) in [5.41, 5.74) is 2.30. The Kier molecular flexibility index (Phi) is 4.81. The quantitative estimate of drug-likeness (QED) is 0.538. The number of nitrogens with one attached hydrogen (secondary N) is 2. The van der Waals surface area contributed by atoms with E-state index in [1.165, 1.54) is 17.7 Å². The molecule has 0 aliphatic heterocycles. The van der Waals surface area contributed by atoms with Gasteiger partial charge in [0.15, 0.2) is 5.82 Å². The molecule has 0 atom stereocenters. The molecule has 0 fully saturated rings. The number of carbonyl (C=O) groups excluding carboxylic acids is 1. The van der Waals surface area contributed by atoms with Crippen LogP contribution in [0.2, 0.25) is 0 Å². The summed E-state index contributed by atoms with van der Waals surface area (Å²) < 4.78 is 1.66. The minimum absolute atomic E-state index is 0.150. The summed E-state index contributed by atoms with van der Waals surface area (Å²) in [4.78, 5) is 25.7. The molecular weight excluding hydrogens is 374 g/mol. The Bertz CT molecular complexity index is 1100. The number of aryl methyl sites for hydroxylation is 2. The molecule has 1 amide bonds. The molecule has 0 unspecified atom stereocenters. The zero-order chi connectivity index (χ0) is 19.5. The zero-order valence-electron chi connectivity index (χ0n) is 15.2. The predicted molar refractivity (Wildman–Crippen MR) is 108 cm³/mol. The largest absolute Gasteiger partial charge is 0.340 e. The van der Waals surface area contributed by atoms with Gasteiger partial charge in [0.2, 0.25) is 0 Å². The van der Waals surface area contributed by atoms with Crippen LogP contribution in [0.4, 0.5) is 17.2 Å². The number of anilines is 3. The molecule has 2 N–H and O–H groups in total. The molecule has 140 valence electrons. The van der Waals surface area contributed by atoms with Crippen molar-refractivity contribution in [2.75, 3.05) is 10.6 Å². The van der Waals surface area contributed by atoms with Crippen LogP contribution in [0.1, 0.15) is 20.4 Å². The third-order valence-corrected chi connectivity index (χ3v) is 4.99. The van der Waals surface area contributed by atoms with Crippen molar-refractivity contribution in [3.05, 3.63) is 70.7 Å². The number of amides is 1. The van der Waals surface area contributed by atoms with Gasteiger partial charge in [-0.25, -0.2) is 19.6 Å². The van der Waals surface area contributed by atoms with Crippen molar-refractivity contribution in [3.8, 4) is 5.82 Å². The molecule has 4 aromatic rings. The first-order valence-corrected chi connectivity index (χ1v) is 9.35. The molecule has 3 heterocycles. The van der Waals surface area contributed by atoms with E-state index in [0.717, 1.165) is 16.4 Å². The second kappa shape index (κ2) is 7.57. The maximum absolute atomic E-state index is 12.4. The summed E-state index contributed by atoms with van der Waals surface area (Å²) in [5, 5.41) is 11.2. The number of carbonyl (C=O) groups is 1. The summed E-state index contributed by atoms with van der Waals surface area (Å²) in [6.45, 7) is 3.73. The van der Waals surface area contributed by atoms with Gasteiger partial charge in [-0.05, 0) is 44.2 Å². The van der Waals surface area contributed by atoms with Crippen LogP contribution in [-0.4, -0.2) is 30.6 Å². The predicted octanol–water partition coefficient (Wildman–Crippen LogP) is 3.73. The maximum Gasteiger partial charge on any atom is 0.267 e. The van der Waals surface area contributed by atoms with E-state index in [4.69, 9.17) is 0 Å². The average Bonchev–Trinajstić information content (AvgIpc) is 3.33. The molecule has 0 spiro atoms. The number of nitrogens with zero attached hydrogens (tertiary/aromatic N) is 5. The molecule has 0 saturated heterocycles. The molecule has 1 aromatic carbocycles. The zero-order valence-corrected chi connectivity index (χ0v) is 16.1. The van der Waals surface area contributed by atoms with Crippen LogP contribution in [-0.2, 0) is 0 Å². The Hall–Kier alpha value is -3.59. The monoisotopic (exact) mass is 391 g/mol. The van der Waals surface area contributed by atoms with Crippen molar-refractivity contribution >= 4 is 34.4 Å². The highest BCUT2D eigenvalue weighted by molar-refractivity contribution is 7.13. The molecule has 0 aliphatic carbocycles. The van der Waals surface area contributed by atoms with E-state index in [1.807, 2.05) is 50.4 Å². The fourth-order valence-corrected chi connectivity index (χ4v) is 3.47. The molecule has 28 heavy (non-hydrogen) atoms. The lowest BCUT2D eigenvalue weighted by Crippen LogP contribution is -2.11. The topological polar surface area (TPSA) is 97.6 Å². The van der Waals surface area contributed by atoms with Crippen LogP contribution in [0.5, 0.6) is 0 Å². The molecule has 0 saturated carbocycles. The summed E-state index contributed by atoms with van der Waals surface area (Å²) in [6, 6.07) is 11.0. The van der Waals surface area contributed by atoms with E-state index in [0.29, 0.717) is 22.2 Å². The van der Waals surface area contributed by atoms with Gasteiger partial charge in [0, 0.05) is 29.8 Å². The lowest BCUT2D eigenvalue weighted by molar-refractivity contribution is 0.103. The molecule has 9 heteroatoms. The van der Waals surface area contributed by atoms with E-state index in [2.05, 4.69) is 30.7 Å². The lowest BCUT2D eigenvalue weighted by Gasteiger charge is -2.09. The van der Waals surface area contributed by atoms with Crippen molar-refractivity contribution < 1.29 is 4.79 Å². The van der Waals surface area contributed by atoms with Crippen LogP contribution in [0.25, 0.3) is 5.82 Å². The van der Waals surface area contributed by atoms with E-state index in [9.17, 15) is 4.79 Å². The van der Waals surface area contributed by atoms with Crippen LogP contribution < -0.4 is 10.6 Å². The van der Waals surface area contributed by atoms with Crippen molar-refractivity contribution in [2.45, 2.75) is 13.8 Å². The molecule has 4 rings (SSSR count). The standard InChI is InChI=1S/C19H17N7OS/c1-12-18(28-13(2)23-12)19(27)25-15-6-4-14(5-7-15)24-16-10-17(21-11-20-16)26-9-3-8-22-26/h3-11H,1-2H3,(H,25,27)(H,20,21,24). The number of hydrogen-bond donors (Lipinski definition) is 2. The van der Waals surface area contributed by atoms with Crippen LogP contribution in [0.3, 0.4) is 0 Å². The van der Waals surface area contributed by atoms with Crippen LogP contribution >= 0.6 is 11.3 Å². The van der Waals surface area contributed by atoms with Crippen LogP contribution in [0, 0.1) is 13.8 Å². The first-order chi connectivity index (χ1) is 13.6. The van der Waals surface area contributed by atoms with E-state index in [1.54, 1.807) is 16.9 Å².